The highest BCUT2D eigenvalue weighted by molar-refractivity contribution is 6.31. The fourth-order valence-electron chi connectivity index (χ4n) is 3.31. The molecule has 1 saturated heterocycles. The fraction of sp³-hybridized carbons (Fsp3) is 0.273. The molecule has 1 unspecified atom stereocenters. The average Bonchev–Trinajstić information content (AvgIpc) is 3.21. The molecule has 1 aliphatic heterocycles. The second-order valence-electron chi connectivity index (χ2n) is 7.04. The lowest BCUT2D eigenvalue weighted by atomic mass is 10.1. The van der Waals surface area contributed by atoms with Crippen molar-refractivity contribution < 1.29 is 18.3 Å². The number of aryl methyl sites for hydroxylation is 1. The van der Waals surface area contributed by atoms with Crippen molar-refractivity contribution in [3.05, 3.63) is 70.0 Å². The third-order valence-electron chi connectivity index (χ3n) is 4.85. The van der Waals surface area contributed by atoms with Crippen LogP contribution in [0.2, 0.25) is 5.02 Å². The summed E-state index contributed by atoms with van der Waals surface area (Å²) < 4.78 is 24.9. The minimum absolute atomic E-state index is 0.0190. The van der Waals surface area contributed by atoms with Crippen LogP contribution in [-0.2, 0) is 4.74 Å². The lowest BCUT2D eigenvalue weighted by Gasteiger charge is -2.11. The largest absolute Gasteiger partial charge is 0.438 e. The van der Waals surface area contributed by atoms with Crippen LogP contribution in [0.1, 0.15) is 28.8 Å². The van der Waals surface area contributed by atoms with Crippen molar-refractivity contribution in [2.75, 3.05) is 13.2 Å². The fourth-order valence-corrected chi connectivity index (χ4v) is 3.49. The van der Waals surface area contributed by atoms with Gasteiger partial charge in [-0.2, -0.15) is 0 Å². The van der Waals surface area contributed by atoms with Crippen molar-refractivity contribution in [2.24, 2.45) is 4.99 Å². The first kappa shape index (κ1) is 19.6. The van der Waals surface area contributed by atoms with Gasteiger partial charge in [-0.05, 0) is 67.8 Å². The second kappa shape index (κ2) is 8.35. The number of halogens is 2. The molecule has 1 atom stereocenters. The molecule has 0 saturated carbocycles. The van der Waals surface area contributed by atoms with Gasteiger partial charge >= 0.3 is 0 Å². The maximum Gasteiger partial charge on any atom is 0.256 e. The average molecular weight is 415 g/mol. The number of ether oxygens (including phenoxy) is 1. The van der Waals surface area contributed by atoms with Gasteiger partial charge in [0.2, 0.25) is 5.55 Å². The summed E-state index contributed by atoms with van der Waals surface area (Å²) >= 11 is 6.09. The Kier molecular flexibility index (Phi) is 5.65. The topological polar surface area (TPSA) is 63.8 Å². The molecule has 1 N–H and O–H groups in total. The summed E-state index contributed by atoms with van der Waals surface area (Å²) in [5, 5.41) is 4.12. The normalized spacial score (nSPS) is 17.1. The number of hydrogen-bond donors (Lipinski definition) is 1. The van der Waals surface area contributed by atoms with Crippen LogP contribution in [0.25, 0.3) is 11.0 Å². The predicted octanol–water partition coefficient (Wildman–Crippen LogP) is 4.67. The van der Waals surface area contributed by atoms with Crippen LogP contribution < -0.4 is 10.9 Å². The summed E-state index contributed by atoms with van der Waals surface area (Å²) in [5.74, 6) is -0.661. The zero-order chi connectivity index (χ0) is 20.4. The van der Waals surface area contributed by atoms with Crippen LogP contribution in [-0.4, -0.2) is 25.2 Å². The van der Waals surface area contributed by atoms with Crippen LogP contribution in [0.5, 0.6) is 0 Å². The smallest absolute Gasteiger partial charge is 0.256 e. The highest BCUT2D eigenvalue weighted by Crippen LogP contribution is 2.21. The monoisotopic (exact) mass is 414 g/mol. The molecule has 0 radical (unpaired) electrons. The van der Waals surface area contributed by atoms with E-state index in [2.05, 4.69) is 10.3 Å². The molecule has 4 rings (SSSR count). The van der Waals surface area contributed by atoms with Crippen LogP contribution in [0.3, 0.4) is 0 Å². The van der Waals surface area contributed by atoms with Gasteiger partial charge in [-0.1, -0.05) is 11.6 Å². The quantitative estimate of drug-likeness (QED) is 0.674. The van der Waals surface area contributed by atoms with E-state index in [0.717, 1.165) is 19.4 Å². The third-order valence-corrected chi connectivity index (χ3v) is 5.08. The number of hydrogen-bond acceptors (Lipinski definition) is 4. The Labute approximate surface area is 172 Å². The number of rotatable bonds is 4. The van der Waals surface area contributed by atoms with E-state index in [4.69, 9.17) is 20.8 Å². The summed E-state index contributed by atoms with van der Waals surface area (Å²) in [6, 6.07) is 11.1. The highest BCUT2D eigenvalue weighted by Gasteiger charge is 2.18. The van der Waals surface area contributed by atoms with E-state index in [1.165, 1.54) is 12.1 Å². The lowest BCUT2D eigenvalue weighted by molar-refractivity contribution is 0.0854. The van der Waals surface area contributed by atoms with Gasteiger partial charge in [-0.3, -0.25) is 4.79 Å². The van der Waals surface area contributed by atoms with E-state index in [1.807, 2.05) is 0 Å². The summed E-state index contributed by atoms with van der Waals surface area (Å²) in [6.45, 7) is 2.89. The van der Waals surface area contributed by atoms with Crippen molar-refractivity contribution in [1.29, 1.82) is 0 Å². The molecule has 2 aromatic carbocycles. The van der Waals surface area contributed by atoms with Gasteiger partial charge in [0.1, 0.15) is 17.0 Å². The third kappa shape index (κ3) is 4.49. The maximum atomic E-state index is 13.4. The van der Waals surface area contributed by atoms with Crippen LogP contribution in [0, 0.1) is 12.7 Å². The number of benzene rings is 2. The number of carbonyl (C=O) groups excluding carboxylic acids is 1. The molecular weight excluding hydrogens is 395 g/mol. The molecule has 5 nitrogen and oxygen atoms in total. The summed E-state index contributed by atoms with van der Waals surface area (Å²) in [5.41, 5.74) is 2.14. The van der Waals surface area contributed by atoms with Crippen LogP contribution >= 0.6 is 11.6 Å². The number of nitrogens with one attached hydrogen (secondary N) is 1. The van der Waals surface area contributed by atoms with Gasteiger partial charge < -0.3 is 14.5 Å². The first-order chi connectivity index (χ1) is 14.0. The Balaban J connectivity index is 1.78. The van der Waals surface area contributed by atoms with Crippen molar-refractivity contribution >= 4 is 34.2 Å². The summed E-state index contributed by atoms with van der Waals surface area (Å²) in [4.78, 5) is 17.4. The molecule has 1 fully saturated rings. The Morgan fingerprint density at radius 3 is 2.90 bits per heavy atom. The predicted molar refractivity (Wildman–Crippen MR) is 109 cm³/mol. The zero-order valence-electron chi connectivity index (χ0n) is 15.9. The number of fused-ring (bicyclic) bond motifs is 1. The highest BCUT2D eigenvalue weighted by atomic mass is 35.5. The molecule has 1 aromatic heterocycles. The van der Waals surface area contributed by atoms with Crippen molar-refractivity contribution in [2.45, 2.75) is 25.9 Å². The molecule has 7 heteroatoms. The maximum absolute atomic E-state index is 13.4. The molecule has 0 bridgehead atoms. The van der Waals surface area contributed by atoms with E-state index in [0.29, 0.717) is 33.8 Å². The van der Waals surface area contributed by atoms with E-state index in [9.17, 15) is 9.18 Å². The Bertz CT molecular complexity index is 1140. The molecule has 1 amide bonds. The van der Waals surface area contributed by atoms with Gasteiger partial charge in [0, 0.05) is 23.6 Å². The molecular formula is C22H20ClFN2O3. The number of carbonyl (C=O) groups is 1. The van der Waals surface area contributed by atoms with Crippen molar-refractivity contribution in [1.82, 2.24) is 5.32 Å². The number of nitrogens with zero attached hydrogens (tertiary/aromatic N) is 1. The van der Waals surface area contributed by atoms with Crippen LogP contribution in [0.4, 0.5) is 10.1 Å². The SMILES string of the molecule is Cc1cc(F)ccc1N=c1oc2ccc(Cl)cc2cc1C(=O)NCC1CCCO1. The van der Waals surface area contributed by atoms with Gasteiger partial charge in [-0.15, -0.1) is 0 Å². The molecule has 29 heavy (non-hydrogen) atoms. The number of amides is 1. The lowest BCUT2D eigenvalue weighted by Crippen LogP contribution is -2.34. The molecule has 1 aliphatic rings. The molecule has 150 valence electrons. The molecule has 0 aliphatic carbocycles. The van der Waals surface area contributed by atoms with Gasteiger partial charge in [0.05, 0.1) is 11.8 Å². The van der Waals surface area contributed by atoms with Gasteiger partial charge in [-0.25, -0.2) is 9.38 Å². The summed E-state index contributed by atoms with van der Waals surface area (Å²) in [6.07, 6.45) is 1.93. The Hall–Kier alpha value is -2.70. The van der Waals surface area contributed by atoms with Gasteiger partial charge in [0.25, 0.3) is 5.91 Å². The molecule has 2 heterocycles. The van der Waals surface area contributed by atoms with E-state index < -0.39 is 0 Å². The first-order valence-electron chi connectivity index (χ1n) is 9.44. The second-order valence-corrected chi connectivity index (χ2v) is 7.47. The minimum atomic E-state index is -0.346. The summed E-state index contributed by atoms with van der Waals surface area (Å²) in [7, 11) is 0. The zero-order valence-corrected chi connectivity index (χ0v) is 16.6. The molecule has 3 aromatic rings. The van der Waals surface area contributed by atoms with E-state index in [1.54, 1.807) is 37.3 Å². The Morgan fingerprint density at radius 1 is 1.28 bits per heavy atom. The van der Waals surface area contributed by atoms with Gasteiger partial charge in [0.15, 0.2) is 0 Å². The minimum Gasteiger partial charge on any atom is -0.438 e. The first-order valence-corrected chi connectivity index (χ1v) is 9.81. The van der Waals surface area contributed by atoms with E-state index >= 15 is 0 Å². The van der Waals surface area contributed by atoms with E-state index in [-0.39, 0.29) is 28.9 Å². The van der Waals surface area contributed by atoms with Crippen molar-refractivity contribution in [3.8, 4) is 0 Å². The van der Waals surface area contributed by atoms with Crippen LogP contribution in [0.15, 0.2) is 51.9 Å². The Morgan fingerprint density at radius 2 is 2.14 bits per heavy atom. The standard InChI is InChI=1S/C22H20ClFN2O3/c1-13-9-16(24)5-6-19(13)26-22-18(21(27)25-12-17-3-2-8-28-17)11-14-10-15(23)4-7-20(14)29-22/h4-7,9-11,17H,2-3,8,12H2,1H3,(H,25,27). The van der Waals surface area contributed by atoms with Crippen molar-refractivity contribution in [3.63, 3.8) is 0 Å². The molecule has 0 spiro atoms.